The molecule has 0 unspecified atom stereocenters. The van der Waals surface area contributed by atoms with Gasteiger partial charge in [-0.05, 0) is 37.8 Å². The van der Waals surface area contributed by atoms with Crippen LogP contribution < -0.4 is 10.6 Å². The maximum absolute atomic E-state index is 13.9. The minimum absolute atomic E-state index is 0.184. The van der Waals surface area contributed by atoms with E-state index in [-0.39, 0.29) is 17.3 Å². The Hall–Kier alpha value is -1.95. The van der Waals surface area contributed by atoms with Crippen molar-refractivity contribution in [3.05, 3.63) is 51.7 Å². The number of carbonyl (C=O) groups is 1. The zero-order chi connectivity index (χ0) is 17.0. The first-order chi connectivity index (χ1) is 11.6. The number of benzene rings is 1. The lowest BCUT2D eigenvalue weighted by molar-refractivity contribution is 0.239. The van der Waals surface area contributed by atoms with Gasteiger partial charge < -0.3 is 10.6 Å². The molecule has 0 aliphatic heterocycles. The first-order valence-electron chi connectivity index (χ1n) is 8.27. The van der Waals surface area contributed by atoms with Crippen molar-refractivity contribution in [2.45, 2.75) is 38.0 Å². The number of hydrogen-bond donors (Lipinski definition) is 2. The molecule has 0 atom stereocenters. The summed E-state index contributed by atoms with van der Waals surface area (Å²) in [6.07, 6.45) is 3.56. The van der Waals surface area contributed by atoms with E-state index in [0.717, 1.165) is 36.4 Å². The number of nitrogens with zero attached hydrogens (tertiary/aromatic N) is 1. The van der Waals surface area contributed by atoms with Crippen LogP contribution in [0.1, 0.15) is 35.5 Å². The zero-order valence-corrected chi connectivity index (χ0v) is 14.6. The summed E-state index contributed by atoms with van der Waals surface area (Å²) in [6, 6.07) is 6.65. The highest BCUT2D eigenvalue weighted by atomic mass is 32.1. The molecule has 1 aromatic carbocycles. The average Bonchev–Trinajstić information content (AvgIpc) is 3.25. The third-order valence-electron chi connectivity index (χ3n) is 4.41. The molecule has 1 aliphatic rings. The van der Waals surface area contributed by atoms with Crippen molar-refractivity contribution < 1.29 is 9.18 Å². The summed E-state index contributed by atoms with van der Waals surface area (Å²) >= 11 is 1.65. The van der Waals surface area contributed by atoms with Crippen molar-refractivity contribution in [1.82, 2.24) is 15.6 Å². The summed E-state index contributed by atoms with van der Waals surface area (Å²) in [6.45, 7) is 3.07. The summed E-state index contributed by atoms with van der Waals surface area (Å²) in [5, 5.41) is 8.88. The Kier molecular flexibility index (Phi) is 5.14. The molecule has 1 aliphatic carbocycles. The predicted molar refractivity (Wildman–Crippen MR) is 93.9 cm³/mol. The van der Waals surface area contributed by atoms with E-state index < -0.39 is 0 Å². The molecule has 2 amide bonds. The molecule has 2 N–H and O–H groups in total. The van der Waals surface area contributed by atoms with Gasteiger partial charge in [-0.2, -0.15) is 0 Å². The highest BCUT2D eigenvalue weighted by Crippen LogP contribution is 2.48. The van der Waals surface area contributed by atoms with Crippen LogP contribution in [0.5, 0.6) is 0 Å². The number of thiazole rings is 1. The lowest BCUT2D eigenvalue weighted by Gasteiger charge is -2.17. The van der Waals surface area contributed by atoms with Gasteiger partial charge in [-0.1, -0.05) is 18.2 Å². The van der Waals surface area contributed by atoms with E-state index >= 15 is 0 Å². The van der Waals surface area contributed by atoms with Gasteiger partial charge in [-0.25, -0.2) is 14.2 Å². The lowest BCUT2D eigenvalue weighted by Crippen LogP contribution is -2.40. The van der Waals surface area contributed by atoms with Gasteiger partial charge in [0.25, 0.3) is 0 Å². The molecule has 128 valence electrons. The summed E-state index contributed by atoms with van der Waals surface area (Å²) in [4.78, 5) is 16.3. The third-order valence-corrected chi connectivity index (χ3v) is 5.43. The van der Waals surface area contributed by atoms with E-state index in [1.54, 1.807) is 17.4 Å². The summed E-state index contributed by atoms with van der Waals surface area (Å²) in [7, 11) is 0. The molecule has 6 heteroatoms. The van der Waals surface area contributed by atoms with Gasteiger partial charge in [0.2, 0.25) is 0 Å². The number of nitrogens with one attached hydrogen (secondary N) is 2. The van der Waals surface area contributed by atoms with Gasteiger partial charge in [0.05, 0.1) is 5.01 Å². The van der Waals surface area contributed by atoms with Crippen LogP contribution in [-0.4, -0.2) is 24.1 Å². The van der Waals surface area contributed by atoms with E-state index in [9.17, 15) is 9.18 Å². The second kappa shape index (κ2) is 7.30. The SMILES string of the molecule is Cc1csc(CCCNC(=O)NCC2(c3ccccc3F)CC2)n1. The molecule has 1 aromatic heterocycles. The van der Waals surface area contributed by atoms with Crippen LogP contribution >= 0.6 is 11.3 Å². The lowest BCUT2D eigenvalue weighted by atomic mass is 9.95. The molecular formula is C18H22FN3OS. The fourth-order valence-electron chi connectivity index (χ4n) is 2.85. The van der Waals surface area contributed by atoms with Crippen molar-refractivity contribution in [3.8, 4) is 0 Å². The van der Waals surface area contributed by atoms with Crippen LogP contribution in [0.4, 0.5) is 9.18 Å². The number of carbonyl (C=O) groups excluding carboxylic acids is 1. The maximum atomic E-state index is 13.9. The Bertz CT molecular complexity index is 712. The predicted octanol–water partition coefficient (Wildman–Crippen LogP) is 3.55. The van der Waals surface area contributed by atoms with Crippen LogP contribution in [0.2, 0.25) is 0 Å². The molecule has 2 aromatic rings. The number of amides is 2. The Morgan fingerprint density at radius 2 is 2.12 bits per heavy atom. The quantitative estimate of drug-likeness (QED) is 0.753. The van der Waals surface area contributed by atoms with Gasteiger partial charge in [-0.15, -0.1) is 11.3 Å². The van der Waals surface area contributed by atoms with Crippen LogP contribution in [0.15, 0.2) is 29.6 Å². The normalized spacial score (nSPS) is 15.1. The maximum Gasteiger partial charge on any atom is 0.314 e. The second-order valence-electron chi connectivity index (χ2n) is 6.36. The second-order valence-corrected chi connectivity index (χ2v) is 7.30. The third kappa shape index (κ3) is 4.12. The highest BCUT2D eigenvalue weighted by molar-refractivity contribution is 7.09. The number of halogens is 1. The van der Waals surface area contributed by atoms with Gasteiger partial charge in [0, 0.05) is 36.0 Å². The zero-order valence-electron chi connectivity index (χ0n) is 13.8. The monoisotopic (exact) mass is 347 g/mol. The largest absolute Gasteiger partial charge is 0.338 e. The molecule has 0 saturated heterocycles. The molecule has 24 heavy (non-hydrogen) atoms. The summed E-state index contributed by atoms with van der Waals surface area (Å²) < 4.78 is 13.9. The first kappa shape index (κ1) is 16.9. The standard InChI is InChI=1S/C18H22FN3OS/c1-13-11-24-16(22-13)7-4-10-20-17(23)21-12-18(8-9-18)14-5-2-3-6-15(14)19/h2-3,5-6,11H,4,7-10,12H2,1H3,(H2,20,21,23). The molecule has 4 nitrogen and oxygen atoms in total. The van der Waals surface area contributed by atoms with Gasteiger partial charge >= 0.3 is 6.03 Å². The summed E-state index contributed by atoms with van der Waals surface area (Å²) in [5.41, 5.74) is 1.54. The van der Waals surface area contributed by atoms with Crippen molar-refractivity contribution in [2.24, 2.45) is 0 Å². The van der Waals surface area contributed by atoms with E-state index in [1.807, 2.05) is 24.4 Å². The van der Waals surface area contributed by atoms with Crippen molar-refractivity contribution in [3.63, 3.8) is 0 Å². The molecule has 0 spiro atoms. The Labute approximate surface area is 145 Å². The number of aromatic nitrogens is 1. The number of aryl methyl sites for hydroxylation is 2. The minimum Gasteiger partial charge on any atom is -0.338 e. The van der Waals surface area contributed by atoms with E-state index in [2.05, 4.69) is 15.6 Å². The van der Waals surface area contributed by atoms with Gasteiger partial charge in [-0.3, -0.25) is 0 Å². The van der Waals surface area contributed by atoms with E-state index in [0.29, 0.717) is 18.7 Å². The van der Waals surface area contributed by atoms with Gasteiger partial charge in [0.15, 0.2) is 0 Å². The molecule has 0 radical (unpaired) electrons. The Morgan fingerprint density at radius 1 is 1.33 bits per heavy atom. The molecule has 1 heterocycles. The molecule has 3 rings (SSSR count). The summed E-state index contributed by atoms with van der Waals surface area (Å²) in [5.74, 6) is -0.184. The van der Waals surface area contributed by atoms with Crippen LogP contribution in [-0.2, 0) is 11.8 Å². The molecule has 1 fully saturated rings. The fraction of sp³-hybridized carbons (Fsp3) is 0.444. The van der Waals surface area contributed by atoms with Crippen LogP contribution in [0.25, 0.3) is 0 Å². The van der Waals surface area contributed by atoms with Crippen molar-refractivity contribution in [1.29, 1.82) is 0 Å². The number of hydrogen-bond acceptors (Lipinski definition) is 3. The van der Waals surface area contributed by atoms with Crippen LogP contribution in [0.3, 0.4) is 0 Å². The number of rotatable bonds is 7. The number of urea groups is 1. The Balaban J connectivity index is 1.39. The Morgan fingerprint density at radius 3 is 2.79 bits per heavy atom. The van der Waals surface area contributed by atoms with Gasteiger partial charge in [0.1, 0.15) is 5.82 Å². The smallest absolute Gasteiger partial charge is 0.314 e. The minimum atomic E-state index is -0.221. The van der Waals surface area contributed by atoms with Crippen molar-refractivity contribution >= 4 is 17.4 Å². The fourth-order valence-corrected chi connectivity index (χ4v) is 3.67. The van der Waals surface area contributed by atoms with E-state index in [1.165, 1.54) is 6.07 Å². The molecule has 0 bridgehead atoms. The topological polar surface area (TPSA) is 54.0 Å². The van der Waals surface area contributed by atoms with E-state index in [4.69, 9.17) is 0 Å². The van der Waals surface area contributed by atoms with Crippen molar-refractivity contribution in [2.75, 3.05) is 13.1 Å². The molecular weight excluding hydrogens is 325 g/mol. The average molecular weight is 347 g/mol. The van der Waals surface area contributed by atoms with Crippen LogP contribution in [0, 0.1) is 12.7 Å². The first-order valence-corrected chi connectivity index (χ1v) is 9.15. The highest BCUT2D eigenvalue weighted by Gasteiger charge is 2.45. The molecule has 1 saturated carbocycles.